The van der Waals surface area contributed by atoms with Gasteiger partial charge in [-0.2, -0.15) is 0 Å². The van der Waals surface area contributed by atoms with E-state index >= 15 is 0 Å². The number of amides is 3. The van der Waals surface area contributed by atoms with Gasteiger partial charge in [-0.25, -0.2) is 9.18 Å². The second-order valence-corrected chi connectivity index (χ2v) is 8.23. The first kappa shape index (κ1) is 20.6. The fourth-order valence-electron chi connectivity index (χ4n) is 3.82. The highest BCUT2D eigenvalue weighted by Crippen LogP contribution is 2.34. The minimum atomic E-state index is -0.240. The Kier molecular flexibility index (Phi) is 6.92. The summed E-state index contributed by atoms with van der Waals surface area (Å²) in [5, 5.41) is 6.03. The van der Waals surface area contributed by atoms with E-state index < -0.39 is 0 Å². The van der Waals surface area contributed by atoms with Crippen LogP contribution in [0.4, 0.5) is 9.18 Å². The Morgan fingerprint density at radius 2 is 1.96 bits per heavy atom. The molecule has 3 amide bonds. The summed E-state index contributed by atoms with van der Waals surface area (Å²) in [6.45, 7) is 5.59. The molecule has 1 heterocycles. The van der Waals surface area contributed by atoms with Crippen LogP contribution in [0, 0.1) is 24.6 Å². The maximum atomic E-state index is 13.7. The number of benzene rings is 1. The molecule has 1 saturated heterocycles. The van der Waals surface area contributed by atoms with Gasteiger partial charge >= 0.3 is 6.03 Å². The number of hydrogen-bond acceptors (Lipinski definition) is 2. The van der Waals surface area contributed by atoms with E-state index in [1.807, 2.05) is 6.07 Å². The highest BCUT2D eigenvalue weighted by atomic mass is 19.1. The predicted octanol–water partition coefficient (Wildman–Crippen LogP) is 3.92. The molecule has 0 bridgehead atoms. The molecule has 0 aromatic heterocycles. The van der Waals surface area contributed by atoms with Gasteiger partial charge < -0.3 is 15.5 Å². The van der Waals surface area contributed by atoms with E-state index in [0.29, 0.717) is 31.0 Å². The van der Waals surface area contributed by atoms with Crippen molar-refractivity contribution in [3.63, 3.8) is 0 Å². The molecule has 0 spiro atoms. The number of hydrogen-bond donors (Lipinski definition) is 2. The minimum Gasteiger partial charge on any atom is -0.356 e. The standard InChI is InChI=1S/C22H32FN3O2/c1-3-4-11-24-22(28)26-14-18(21(27)25-13-16-5-6-16)8-10-20(26)17-7-9-19(23)15(2)12-17/h7,9,12,16,18,20H,3-6,8,10-11,13-14H2,1-2H3,(H,24,28)(H,25,27). The second-order valence-electron chi connectivity index (χ2n) is 8.23. The summed E-state index contributed by atoms with van der Waals surface area (Å²) in [7, 11) is 0. The van der Waals surface area contributed by atoms with Gasteiger partial charge in [0.05, 0.1) is 12.0 Å². The quantitative estimate of drug-likeness (QED) is 0.694. The van der Waals surface area contributed by atoms with Crippen LogP contribution in [-0.2, 0) is 4.79 Å². The zero-order valence-corrected chi connectivity index (χ0v) is 17.0. The fraction of sp³-hybridized carbons (Fsp3) is 0.636. The number of nitrogens with one attached hydrogen (secondary N) is 2. The second kappa shape index (κ2) is 9.39. The number of unbranched alkanes of at least 4 members (excludes halogenated alkanes) is 1. The van der Waals surface area contributed by atoms with E-state index in [0.717, 1.165) is 31.4 Å². The summed E-state index contributed by atoms with van der Waals surface area (Å²) in [5.74, 6) is 0.257. The number of halogens is 1. The first-order valence-electron chi connectivity index (χ1n) is 10.6. The first-order chi connectivity index (χ1) is 13.5. The van der Waals surface area contributed by atoms with Crippen LogP contribution in [0.5, 0.6) is 0 Å². The lowest BCUT2D eigenvalue weighted by Gasteiger charge is -2.39. The van der Waals surface area contributed by atoms with Crippen molar-refractivity contribution in [2.75, 3.05) is 19.6 Å². The molecule has 154 valence electrons. The molecular formula is C22H32FN3O2. The van der Waals surface area contributed by atoms with Crippen LogP contribution < -0.4 is 10.6 Å². The number of carbonyl (C=O) groups is 2. The summed E-state index contributed by atoms with van der Waals surface area (Å²) < 4.78 is 13.7. The monoisotopic (exact) mass is 389 g/mol. The maximum absolute atomic E-state index is 13.7. The number of carbonyl (C=O) groups excluding carboxylic acids is 2. The van der Waals surface area contributed by atoms with Crippen LogP contribution in [0.1, 0.15) is 62.6 Å². The third-order valence-electron chi connectivity index (χ3n) is 5.85. The van der Waals surface area contributed by atoms with Gasteiger partial charge in [-0.15, -0.1) is 0 Å². The van der Waals surface area contributed by atoms with Gasteiger partial charge in [0.2, 0.25) is 5.91 Å². The van der Waals surface area contributed by atoms with E-state index in [-0.39, 0.29) is 29.7 Å². The van der Waals surface area contributed by atoms with Crippen molar-refractivity contribution in [1.29, 1.82) is 0 Å². The third kappa shape index (κ3) is 5.24. The van der Waals surface area contributed by atoms with Crippen molar-refractivity contribution in [2.24, 2.45) is 11.8 Å². The topological polar surface area (TPSA) is 61.4 Å². The molecule has 2 fully saturated rings. The predicted molar refractivity (Wildman–Crippen MR) is 107 cm³/mol. The van der Waals surface area contributed by atoms with E-state index in [1.165, 1.54) is 18.9 Å². The van der Waals surface area contributed by atoms with E-state index in [2.05, 4.69) is 17.6 Å². The molecule has 1 aliphatic heterocycles. The molecule has 2 atom stereocenters. The molecule has 2 aliphatic rings. The highest BCUT2D eigenvalue weighted by Gasteiger charge is 2.36. The van der Waals surface area contributed by atoms with Gasteiger partial charge in [-0.1, -0.05) is 25.5 Å². The Balaban J connectivity index is 1.71. The molecule has 5 nitrogen and oxygen atoms in total. The van der Waals surface area contributed by atoms with Gasteiger partial charge in [-0.3, -0.25) is 4.79 Å². The van der Waals surface area contributed by atoms with Crippen LogP contribution in [0.25, 0.3) is 0 Å². The number of aryl methyl sites for hydroxylation is 1. The van der Waals surface area contributed by atoms with Crippen molar-refractivity contribution in [2.45, 2.75) is 58.4 Å². The average Bonchev–Trinajstić information content (AvgIpc) is 3.52. The summed E-state index contributed by atoms with van der Waals surface area (Å²) >= 11 is 0. The molecule has 1 aromatic rings. The van der Waals surface area contributed by atoms with Crippen LogP contribution >= 0.6 is 0 Å². The molecule has 28 heavy (non-hydrogen) atoms. The van der Waals surface area contributed by atoms with Crippen molar-refractivity contribution in [3.05, 3.63) is 35.1 Å². The summed E-state index contributed by atoms with van der Waals surface area (Å²) in [4.78, 5) is 27.2. The van der Waals surface area contributed by atoms with Crippen molar-refractivity contribution in [3.8, 4) is 0 Å². The molecule has 3 rings (SSSR count). The summed E-state index contributed by atoms with van der Waals surface area (Å²) in [6.07, 6.45) is 5.76. The smallest absolute Gasteiger partial charge is 0.317 e. The minimum absolute atomic E-state index is 0.0481. The Hall–Kier alpha value is -2.11. The van der Waals surface area contributed by atoms with Gasteiger partial charge in [-0.05, 0) is 62.1 Å². The number of nitrogens with zero attached hydrogens (tertiary/aromatic N) is 1. The van der Waals surface area contributed by atoms with Crippen molar-refractivity contribution in [1.82, 2.24) is 15.5 Å². The van der Waals surface area contributed by atoms with E-state index in [9.17, 15) is 14.0 Å². The Bertz CT molecular complexity index is 705. The zero-order valence-electron chi connectivity index (χ0n) is 17.0. The number of likely N-dealkylation sites (tertiary alicyclic amines) is 1. The molecule has 2 unspecified atom stereocenters. The Morgan fingerprint density at radius 1 is 1.18 bits per heavy atom. The lowest BCUT2D eigenvalue weighted by atomic mass is 9.88. The van der Waals surface area contributed by atoms with Crippen molar-refractivity contribution < 1.29 is 14.0 Å². The van der Waals surface area contributed by atoms with Crippen LogP contribution in [-0.4, -0.2) is 36.5 Å². The maximum Gasteiger partial charge on any atom is 0.317 e. The highest BCUT2D eigenvalue weighted by molar-refractivity contribution is 5.81. The van der Waals surface area contributed by atoms with E-state index in [4.69, 9.17) is 0 Å². The number of piperidine rings is 1. The van der Waals surface area contributed by atoms with Gasteiger partial charge in [0, 0.05) is 19.6 Å². The molecule has 1 aliphatic carbocycles. The van der Waals surface area contributed by atoms with Gasteiger partial charge in [0.1, 0.15) is 5.82 Å². The summed E-state index contributed by atoms with van der Waals surface area (Å²) in [6, 6.07) is 4.77. The van der Waals surface area contributed by atoms with Crippen LogP contribution in [0.2, 0.25) is 0 Å². The average molecular weight is 390 g/mol. The third-order valence-corrected chi connectivity index (χ3v) is 5.85. The van der Waals surface area contributed by atoms with Crippen LogP contribution in [0.3, 0.4) is 0 Å². The van der Waals surface area contributed by atoms with Crippen molar-refractivity contribution >= 4 is 11.9 Å². The fourth-order valence-corrected chi connectivity index (χ4v) is 3.82. The molecular weight excluding hydrogens is 357 g/mol. The number of rotatable bonds is 7. The molecule has 1 saturated carbocycles. The van der Waals surface area contributed by atoms with E-state index in [1.54, 1.807) is 17.9 Å². The van der Waals surface area contributed by atoms with Gasteiger partial charge in [0.25, 0.3) is 0 Å². The summed E-state index contributed by atoms with van der Waals surface area (Å²) in [5.41, 5.74) is 1.51. The van der Waals surface area contributed by atoms with Crippen LogP contribution in [0.15, 0.2) is 18.2 Å². The largest absolute Gasteiger partial charge is 0.356 e. The Labute approximate surface area is 167 Å². The molecule has 2 N–H and O–H groups in total. The lowest BCUT2D eigenvalue weighted by molar-refractivity contribution is -0.126. The SMILES string of the molecule is CCCCNC(=O)N1CC(C(=O)NCC2CC2)CCC1c1ccc(F)c(C)c1. The molecule has 1 aromatic carbocycles. The first-order valence-corrected chi connectivity index (χ1v) is 10.6. The van der Waals surface area contributed by atoms with Gasteiger partial charge in [0.15, 0.2) is 0 Å². The molecule has 6 heteroatoms. The Morgan fingerprint density at radius 3 is 2.64 bits per heavy atom. The number of urea groups is 1. The molecule has 0 radical (unpaired) electrons. The lowest BCUT2D eigenvalue weighted by Crippen LogP contribution is -2.50. The zero-order chi connectivity index (χ0) is 20.1. The normalized spacial score (nSPS) is 22.0.